The van der Waals surface area contributed by atoms with Crippen LogP contribution in [0.1, 0.15) is 22.6 Å². The molecule has 4 nitrogen and oxygen atoms in total. The Kier molecular flexibility index (Phi) is 4.90. The number of fused-ring (bicyclic) bond motifs is 1. The van der Waals surface area contributed by atoms with E-state index in [1.54, 1.807) is 6.07 Å². The van der Waals surface area contributed by atoms with E-state index in [1.165, 1.54) is 16.8 Å². The second-order valence-corrected chi connectivity index (χ2v) is 7.29. The van der Waals surface area contributed by atoms with Crippen LogP contribution in [0.2, 0.25) is 10.0 Å². The largest absolute Gasteiger partial charge is 0.294 e. The summed E-state index contributed by atoms with van der Waals surface area (Å²) in [5.41, 5.74) is 5.25. The third kappa shape index (κ3) is 3.58. The lowest BCUT2D eigenvalue weighted by molar-refractivity contribution is 0.242. The molecule has 0 spiro atoms. The van der Waals surface area contributed by atoms with Gasteiger partial charge in [0.05, 0.1) is 15.7 Å². The van der Waals surface area contributed by atoms with Gasteiger partial charge < -0.3 is 0 Å². The van der Waals surface area contributed by atoms with Crippen molar-refractivity contribution in [3.05, 3.63) is 75.4 Å². The maximum atomic E-state index is 6.29. The molecule has 0 fully saturated rings. The highest BCUT2D eigenvalue weighted by molar-refractivity contribution is 6.43. The van der Waals surface area contributed by atoms with Gasteiger partial charge in [0.25, 0.3) is 0 Å². The number of hydrogen-bond acceptors (Lipinski definition) is 4. The van der Waals surface area contributed by atoms with E-state index in [0.29, 0.717) is 10.0 Å². The van der Waals surface area contributed by atoms with E-state index in [9.17, 15) is 0 Å². The molecule has 0 N–H and O–H groups in total. The van der Waals surface area contributed by atoms with Crippen molar-refractivity contribution in [2.24, 2.45) is 0 Å². The summed E-state index contributed by atoms with van der Waals surface area (Å²) in [4.78, 5) is 15.8. The van der Waals surface area contributed by atoms with Crippen LogP contribution in [-0.2, 0) is 19.5 Å². The number of benzene rings is 1. The molecule has 0 atom stereocenters. The summed E-state index contributed by atoms with van der Waals surface area (Å²) in [6.07, 6.45) is 4.82. The zero-order chi connectivity index (χ0) is 18.1. The van der Waals surface area contributed by atoms with Crippen molar-refractivity contribution < 1.29 is 0 Å². The molecule has 0 saturated carbocycles. The minimum absolute atomic E-state index is 0.539. The zero-order valence-electron chi connectivity index (χ0n) is 14.4. The molecule has 0 amide bonds. The van der Waals surface area contributed by atoms with Crippen LogP contribution in [0.3, 0.4) is 0 Å². The van der Waals surface area contributed by atoms with E-state index in [2.05, 4.69) is 25.9 Å². The first-order chi connectivity index (χ1) is 12.6. The molecule has 1 aromatic carbocycles. The highest BCUT2D eigenvalue weighted by Gasteiger charge is 2.18. The molecular formula is C20H18Cl2N4. The summed E-state index contributed by atoms with van der Waals surface area (Å²) < 4.78 is 0. The lowest BCUT2D eigenvalue weighted by Gasteiger charge is -2.27. The van der Waals surface area contributed by atoms with E-state index >= 15 is 0 Å². The van der Waals surface area contributed by atoms with E-state index in [-0.39, 0.29) is 0 Å². The van der Waals surface area contributed by atoms with Gasteiger partial charge in [-0.2, -0.15) is 0 Å². The van der Waals surface area contributed by atoms with Crippen molar-refractivity contribution in [2.45, 2.75) is 26.4 Å². The monoisotopic (exact) mass is 384 g/mol. The number of aryl methyl sites for hydroxylation is 1. The normalized spacial score (nSPS) is 14.3. The van der Waals surface area contributed by atoms with Crippen molar-refractivity contribution in [2.75, 3.05) is 6.54 Å². The lowest BCUT2D eigenvalue weighted by Crippen LogP contribution is -2.31. The molecule has 0 saturated heterocycles. The fourth-order valence-electron chi connectivity index (χ4n) is 3.25. The molecule has 6 heteroatoms. The predicted octanol–water partition coefficient (Wildman–Crippen LogP) is 4.71. The van der Waals surface area contributed by atoms with Crippen LogP contribution < -0.4 is 0 Å². The van der Waals surface area contributed by atoms with Gasteiger partial charge in [0.15, 0.2) is 0 Å². The Bertz CT molecular complexity index is 941. The fraction of sp³-hybridized carbons (Fsp3) is 0.250. The summed E-state index contributed by atoms with van der Waals surface area (Å²) in [5.74, 6) is 0.844. The molecule has 3 heterocycles. The average Bonchev–Trinajstić information content (AvgIpc) is 2.65. The average molecular weight is 385 g/mol. The minimum Gasteiger partial charge on any atom is -0.294 e. The van der Waals surface area contributed by atoms with Gasteiger partial charge >= 0.3 is 0 Å². The molecule has 2 aromatic heterocycles. The molecular weight excluding hydrogens is 367 g/mol. The number of hydrogen-bond donors (Lipinski definition) is 0. The van der Waals surface area contributed by atoms with Gasteiger partial charge in [-0.15, -0.1) is 0 Å². The Hall–Kier alpha value is -2.01. The first-order valence-electron chi connectivity index (χ1n) is 8.53. The molecule has 4 rings (SSSR count). The van der Waals surface area contributed by atoms with Gasteiger partial charge in [0.2, 0.25) is 0 Å². The smallest absolute Gasteiger partial charge is 0.125 e. The van der Waals surface area contributed by atoms with Crippen LogP contribution in [0, 0.1) is 6.92 Å². The number of nitrogens with zero attached hydrogens (tertiary/aromatic N) is 4. The van der Waals surface area contributed by atoms with Gasteiger partial charge in [-0.05, 0) is 24.6 Å². The molecule has 1 aliphatic heterocycles. The Morgan fingerprint density at radius 3 is 2.77 bits per heavy atom. The number of halogens is 2. The van der Waals surface area contributed by atoms with Crippen molar-refractivity contribution in [1.29, 1.82) is 0 Å². The van der Waals surface area contributed by atoms with Gasteiger partial charge in [-0.1, -0.05) is 41.4 Å². The van der Waals surface area contributed by atoms with Crippen molar-refractivity contribution >= 4 is 23.2 Å². The third-order valence-electron chi connectivity index (χ3n) is 4.59. The Morgan fingerprint density at radius 1 is 1.08 bits per heavy atom. The molecule has 3 aromatic rings. The molecule has 132 valence electrons. The summed E-state index contributed by atoms with van der Waals surface area (Å²) in [7, 11) is 0. The first-order valence-corrected chi connectivity index (χ1v) is 9.29. The number of rotatable bonds is 3. The van der Waals surface area contributed by atoms with Crippen LogP contribution in [0.25, 0.3) is 11.3 Å². The van der Waals surface area contributed by atoms with Crippen LogP contribution >= 0.6 is 23.2 Å². The number of pyridine rings is 1. The quantitative estimate of drug-likeness (QED) is 0.655. The van der Waals surface area contributed by atoms with E-state index in [4.69, 9.17) is 23.2 Å². The lowest BCUT2D eigenvalue weighted by atomic mass is 10.1. The second-order valence-electron chi connectivity index (χ2n) is 6.50. The summed E-state index contributed by atoms with van der Waals surface area (Å²) in [5, 5.41) is 1.08. The van der Waals surface area contributed by atoms with Crippen LogP contribution in [0.5, 0.6) is 0 Å². The molecule has 0 unspecified atom stereocenters. The van der Waals surface area contributed by atoms with Crippen molar-refractivity contribution in [3.8, 4) is 11.3 Å². The maximum Gasteiger partial charge on any atom is 0.125 e. The summed E-state index contributed by atoms with van der Waals surface area (Å²) in [6.45, 7) is 4.65. The first kappa shape index (κ1) is 17.4. The topological polar surface area (TPSA) is 41.9 Å². The summed E-state index contributed by atoms with van der Waals surface area (Å²) in [6, 6.07) is 9.69. The van der Waals surface area contributed by atoms with Crippen LogP contribution in [-0.4, -0.2) is 26.4 Å². The van der Waals surface area contributed by atoms with Crippen molar-refractivity contribution in [3.63, 3.8) is 0 Å². The molecule has 0 bridgehead atoms. The molecule has 0 aliphatic carbocycles. The third-order valence-corrected chi connectivity index (χ3v) is 5.41. The molecule has 0 radical (unpaired) electrons. The van der Waals surface area contributed by atoms with Gasteiger partial charge in [-0.3, -0.25) is 9.88 Å². The Morgan fingerprint density at radius 2 is 1.96 bits per heavy atom. The Balaban J connectivity index is 1.48. The van der Waals surface area contributed by atoms with Crippen LogP contribution in [0.4, 0.5) is 0 Å². The predicted molar refractivity (Wildman–Crippen MR) is 104 cm³/mol. The standard InChI is InChI=1S/C20H18Cl2N4/c1-13-23-10-15-12-26(8-7-18(15)25-13)11-14-5-6-19(24-9-14)16-3-2-4-17(21)20(16)22/h2-6,9-10H,7-8,11-12H2,1H3. The molecule has 26 heavy (non-hydrogen) atoms. The van der Waals surface area contributed by atoms with Gasteiger partial charge in [0, 0.05) is 55.3 Å². The number of aromatic nitrogens is 3. The van der Waals surface area contributed by atoms with Gasteiger partial charge in [-0.25, -0.2) is 9.97 Å². The van der Waals surface area contributed by atoms with Crippen molar-refractivity contribution in [1.82, 2.24) is 19.9 Å². The second kappa shape index (κ2) is 7.31. The minimum atomic E-state index is 0.539. The fourth-order valence-corrected chi connectivity index (χ4v) is 3.64. The Labute approximate surface area is 162 Å². The van der Waals surface area contributed by atoms with E-state index in [0.717, 1.165) is 43.1 Å². The van der Waals surface area contributed by atoms with Gasteiger partial charge in [0.1, 0.15) is 5.82 Å². The summed E-state index contributed by atoms with van der Waals surface area (Å²) >= 11 is 12.4. The van der Waals surface area contributed by atoms with Crippen LogP contribution in [0.15, 0.2) is 42.7 Å². The maximum absolute atomic E-state index is 6.29. The molecule has 1 aliphatic rings. The van der Waals surface area contributed by atoms with E-state index in [1.807, 2.05) is 37.5 Å². The zero-order valence-corrected chi connectivity index (χ0v) is 15.9. The highest BCUT2D eigenvalue weighted by Crippen LogP contribution is 2.32. The van der Waals surface area contributed by atoms with E-state index < -0.39 is 0 Å². The SMILES string of the molecule is Cc1ncc2c(n1)CCN(Cc1ccc(-c3cccc(Cl)c3Cl)nc1)C2. The highest BCUT2D eigenvalue weighted by atomic mass is 35.5.